The summed E-state index contributed by atoms with van der Waals surface area (Å²) in [4.78, 5) is 24.0. The molecule has 6 heteroatoms. The van der Waals surface area contributed by atoms with E-state index in [1.807, 2.05) is 6.92 Å². The summed E-state index contributed by atoms with van der Waals surface area (Å²) < 4.78 is 5.07. The van der Waals surface area contributed by atoms with E-state index in [2.05, 4.69) is 5.32 Å². The highest BCUT2D eigenvalue weighted by Crippen LogP contribution is 2.32. The van der Waals surface area contributed by atoms with Gasteiger partial charge < -0.3 is 15.8 Å². The Morgan fingerprint density at radius 2 is 1.82 bits per heavy atom. The molecule has 3 N–H and O–H groups in total. The Morgan fingerprint density at radius 3 is 2.41 bits per heavy atom. The Hall–Kier alpha value is -0.810. The van der Waals surface area contributed by atoms with Crippen LogP contribution in [-0.4, -0.2) is 31.1 Å². The molecule has 5 nitrogen and oxygen atoms in total. The first kappa shape index (κ1) is 19.2. The van der Waals surface area contributed by atoms with Crippen molar-refractivity contribution in [3.05, 3.63) is 0 Å². The molecular formula is C16H29ClN2O3. The van der Waals surface area contributed by atoms with Crippen molar-refractivity contribution in [1.29, 1.82) is 0 Å². The van der Waals surface area contributed by atoms with E-state index in [0.717, 1.165) is 44.9 Å². The first-order valence-electron chi connectivity index (χ1n) is 8.32. The largest absolute Gasteiger partial charge is 0.466 e. The quantitative estimate of drug-likeness (QED) is 0.755. The number of halogens is 1. The van der Waals surface area contributed by atoms with Crippen LogP contribution in [0.25, 0.3) is 0 Å². The molecule has 22 heavy (non-hydrogen) atoms. The normalized spacial score (nSPS) is 31.2. The predicted octanol–water partition coefficient (Wildman–Crippen LogP) is 2.02. The lowest BCUT2D eigenvalue weighted by Crippen LogP contribution is -2.43. The lowest BCUT2D eigenvalue weighted by atomic mass is 9.85. The SMILES string of the molecule is CCOC(=O)C1CCC(NC(=O)[C@@H]2CCC[C@@H]2CN)CC1.Cl. The van der Waals surface area contributed by atoms with Gasteiger partial charge in [0.25, 0.3) is 0 Å². The Morgan fingerprint density at radius 1 is 1.14 bits per heavy atom. The monoisotopic (exact) mass is 332 g/mol. The standard InChI is InChI=1S/C16H28N2O3.ClH/c1-2-21-16(20)11-6-8-13(9-7-11)18-15(19)14-5-3-4-12(14)10-17;/h11-14H,2-10,17H2,1H3,(H,18,19);1H/t11?,12-,13?,14-;/m1./s1. The van der Waals surface area contributed by atoms with Gasteiger partial charge in [0.15, 0.2) is 0 Å². The highest BCUT2D eigenvalue weighted by Gasteiger charge is 2.34. The summed E-state index contributed by atoms with van der Waals surface area (Å²) in [5.74, 6) is 0.545. The van der Waals surface area contributed by atoms with Gasteiger partial charge in [0.05, 0.1) is 12.5 Å². The van der Waals surface area contributed by atoms with Gasteiger partial charge in [0.1, 0.15) is 0 Å². The van der Waals surface area contributed by atoms with Crippen LogP contribution in [0, 0.1) is 17.8 Å². The van der Waals surface area contributed by atoms with Gasteiger partial charge in [-0.15, -0.1) is 12.4 Å². The van der Waals surface area contributed by atoms with E-state index in [0.29, 0.717) is 19.1 Å². The fourth-order valence-corrected chi connectivity index (χ4v) is 3.71. The number of esters is 1. The van der Waals surface area contributed by atoms with E-state index < -0.39 is 0 Å². The second-order valence-electron chi connectivity index (χ2n) is 6.34. The number of nitrogens with two attached hydrogens (primary N) is 1. The summed E-state index contributed by atoms with van der Waals surface area (Å²) in [5.41, 5.74) is 5.74. The van der Waals surface area contributed by atoms with E-state index in [1.165, 1.54) is 0 Å². The molecule has 0 aromatic rings. The van der Waals surface area contributed by atoms with Gasteiger partial charge in [-0.3, -0.25) is 9.59 Å². The van der Waals surface area contributed by atoms with Gasteiger partial charge in [-0.05, 0) is 57.9 Å². The van der Waals surface area contributed by atoms with Crippen LogP contribution >= 0.6 is 12.4 Å². The predicted molar refractivity (Wildman–Crippen MR) is 87.7 cm³/mol. The molecule has 128 valence electrons. The molecule has 2 saturated carbocycles. The maximum Gasteiger partial charge on any atom is 0.308 e. The van der Waals surface area contributed by atoms with Gasteiger partial charge >= 0.3 is 5.97 Å². The first-order chi connectivity index (χ1) is 10.2. The Labute approximate surface area is 139 Å². The van der Waals surface area contributed by atoms with E-state index >= 15 is 0 Å². The lowest BCUT2D eigenvalue weighted by molar-refractivity contribution is -0.149. The smallest absolute Gasteiger partial charge is 0.308 e. The van der Waals surface area contributed by atoms with Crippen molar-refractivity contribution in [2.45, 2.75) is 57.9 Å². The molecule has 2 rings (SSSR count). The molecule has 0 bridgehead atoms. The molecule has 0 radical (unpaired) electrons. The van der Waals surface area contributed by atoms with E-state index in [1.54, 1.807) is 0 Å². The lowest BCUT2D eigenvalue weighted by Gasteiger charge is -2.29. The van der Waals surface area contributed by atoms with Crippen LogP contribution in [0.3, 0.4) is 0 Å². The van der Waals surface area contributed by atoms with Crippen molar-refractivity contribution in [3.63, 3.8) is 0 Å². The van der Waals surface area contributed by atoms with Crippen LogP contribution in [0.15, 0.2) is 0 Å². The number of nitrogens with one attached hydrogen (secondary N) is 1. The number of carbonyl (C=O) groups is 2. The minimum atomic E-state index is -0.0822. The molecule has 2 aliphatic rings. The molecule has 0 saturated heterocycles. The number of hydrogen-bond acceptors (Lipinski definition) is 4. The molecule has 0 unspecified atom stereocenters. The maximum absolute atomic E-state index is 12.3. The highest BCUT2D eigenvalue weighted by molar-refractivity contribution is 5.85. The number of hydrogen-bond donors (Lipinski definition) is 2. The summed E-state index contributed by atoms with van der Waals surface area (Å²) in [6.45, 7) is 2.88. The van der Waals surface area contributed by atoms with Crippen LogP contribution in [0.2, 0.25) is 0 Å². The Kier molecular flexibility index (Phi) is 8.18. The minimum Gasteiger partial charge on any atom is -0.466 e. The van der Waals surface area contributed by atoms with Crippen LogP contribution in [0.4, 0.5) is 0 Å². The molecule has 0 spiro atoms. The Balaban J connectivity index is 0.00000242. The fourth-order valence-electron chi connectivity index (χ4n) is 3.71. The molecule has 0 aromatic carbocycles. The van der Waals surface area contributed by atoms with E-state index in [-0.39, 0.29) is 42.2 Å². The van der Waals surface area contributed by atoms with Crippen LogP contribution in [-0.2, 0) is 14.3 Å². The molecular weight excluding hydrogens is 304 g/mol. The molecule has 2 fully saturated rings. The van der Waals surface area contributed by atoms with Gasteiger partial charge in [-0.25, -0.2) is 0 Å². The van der Waals surface area contributed by atoms with Crippen molar-refractivity contribution in [1.82, 2.24) is 5.32 Å². The van der Waals surface area contributed by atoms with Crippen molar-refractivity contribution in [2.75, 3.05) is 13.2 Å². The van der Waals surface area contributed by atoms with E-state index in [4.69, 9.17) is 10.5 Å². The summed E-state index contributed by atoms with van der Waals surface area (Å²) in [6, 6.07) is 0.210. The van der Waals surface area contributed by atoms with Crippen LogP contribution in [0.5, 0.6) is 0 Å². The average molecular weight is 333 g/mol. The van der Waals surface area contributed by atoms with Gasteiger partial charge in [-0.2, -0.15) is 0 Å². The zero-order chi connectivity index (χ0) is 15.2. The molecule has 2 aliphatic carbocycles. The third kappa shape index (κ3) is 4.85. The topological polar surface area (TPSA) is 81.4 Å². The third-order valence-electron chi connectivity index (χ3n) is 4.99. The molecule has 2 atom stereocenters. The molecule has 0 aromatic heterocycles. The van der Waals surface area contributed by atoms with Crippen LogP contribution in [0.1, 0.15) is 51.9 Å². The van der Waals surface area contributed by atoms with Crippen LogP contribution < -0.4 is 11.1 Å². The van der Waals surface area contributed by atoms with Crippen molar-refractivity contribution in [2.24, 2.45) is 23.5 Å². The first-order valence-corrected chi connectivity index (χ1v) is 8.32. The third-order valence-corrected chi connectivity index (χ3v) is 4.99. The fraction of sp³-hybridized carbons (Fsp3) is 0.875. The summed E-state index contributed by atoms with van der Waals surface area (Å²) in [6.07, 6.45) is 6.51. The second-order valence-corrected chi connectivity index (χ2v) is 6.34. The van der Waals surface area contributed by atoms with Gasteiger partial charge in [-0.1, -0.05) is 6.42 Å². The Bertz CT molecular complexity index is 370. The zero-order valence-electron chi connectivity index (χ0n) is 13.4. The van der Waals surface area contributed by atoms with Gasteiger partial charge in [0.2, 0.25) is 5.91 Å². The van der Waals surface area contributed by atoms with Crippen molar-refractivity contribution >= 4 is 24.3 Å². The summed E-state index contributed by atoms with van der Waals surface area (Å²) >= 11 is 0. The number of rotatable bonds is 5. The zero-order valence-corrected chi connectivity index (χ0v) is 14.2. The minimum absolute atomic E-state index is 0. The number of carbonyl (C=O) groups excluding carboxylic acids is 2. The number of amides is 1. The second kappa shape index (κ2) is 9.36. The molecule has 0 heterocycles. The average Bonchev–Trinajstić information content (AvgIpc) is 2.97. The van der Waals surface area contributed by atoms with E-state index in [9.17, 15) is 9.59 Å². The van der Waals surface area contributed by atoms with Crippen molar-refractivity contribution in [3.8, 4) is 0 Å². The number of ether oxygens (including phenoxy) is 1. The van der Waals surface area contributed by atoms with Gasteiger partial charge in [0, 0.05) is 12.0 Å². The summed E-state index contributed by atoms with van der Waals surface area (Å²) in [7, 11) is 0. The highest BCUT2D eigenvalue weighted by atomic mass is 35.5. The molecule has 1 amide bonds. The maximum atomic E-state index is 12.3. The summed E-state index contributed by atoms with van der Waals surface area (Å²) in [5, 5.41) is 3.17. The van der Waals surface area contributed by atoms with Crippen molar-refractivity contribution < 1.29 is 14.3 Å². The molecule has 0 aliphatic heterocycles.